The normalized spacial score (nSPS) is 19.4. The Hall–Kier alpha value is -0.950. The molecule has 0 spiro atoms. The second-order valence-corrected chi connectivity index (χ2v) is 7.01. The molecule has 0 bridgehead atoms. The summed E-state index contributed by atoms with van der Waals surface area (Å²) in [6, 6.07) is 3.34. The second-order valence-electron chi connectivity index (χ2n) is 5.28. The van der Waals surface area contributed by atoms with Gasteiger partial charge in [-0.2, -0.15) is 0 Å². The van der Waals surface area contributed by atoms with Crippen molar-refractivity contribution in [3.8, 4) is 0 Å². The Morgan fingerprint density at radius 1 is 1.40 bits per heavy atom. The molecule has 0 aliphatic carbocycles. The fourth-order valence-corrected chi connectivity index (χ4v) is 3.80. The van der Waals surface area contributed by atoms with Gasteiger partial charge in [-0.25, -0.2) is 13.1 Å². The Kier molecular flexibility index (Phi) is 4.80. The molecule has 1 aliphatic heterocycles. The molecule has 0 radical (unpaired) electrons. The summed E-state index contributed by atoms with van der Waals surface area (Å²) in [5, 5.41) is 9.21. The van der Waals surface area contributed by atoms with E-state index in [-0.39, 0.29) is 17.4 Å². The zero-order valence-corrected chi connectivity index (χ0v) is 12.7. The monoisotopic (exact) mass is 299 g/mol. The molecule has 0 amide bonds. The van der Waals surface area contributed by atoms with Crippen molar-refractivity contribution in [3.05, 3.63) is 28.8 Å². The maximum Gasteiger partial charge on any atom is 0.240 e. The molecule has 1 saturated heterocycles. The average Bonchev–Trinajstić information content (AvgIpc) is 2.92. The van der Waals surface area contributed by atoms with Gasteiger partial charge in [-0.05, 0) is 48.9 Å². The fraction of sp³-hybridized carbons (Fsp3) is 0.571. The van der Waals surface area contributed by atoms with Crippen LogP contribution in [0, 0.1) is 19.8 Å². The molecule has 1 unspecified atom stereocenters. The van der Waals surface area contributed by atoms with E-state index >= 15 is 0 Å². The minimum Gasteiger partial charge on any atom is -0.392 e. The van der Waals surface area contributed by atoms with E-state index in [9.17, 15) is 13.5 Å². The van der Waals surface area contributed by atoms with E-state index in [4.69, 9.17) is 4.74 Å². The van der Waals surface area contributed by atoms with Gasteiger partial charge in [0.15, 0.2) is 0 Å². The largest absolute Gasteiger partial charge is 0.392 e. The summed E-state index contributed by atoms with van der Waals surface area (Å²) in [5.74, 6) is 0.243. The van der Waals surface area contributed by atoms with Crippen molar-refractivity contribution < 1.29 is 18.3 Å². The number of nitrogens with one attached hydrogen (secondary N) is 1. The maximum atomic E-state index is 12.4. The summed E-state index contributed by atoms with van der Waals surface area (Å²) >= 11 is 0. The molecule has 0 aromatic heterocycles. The highest BCUT2D eigenvalue weighted by atomic mass is 32.2. The van der Waals surface area contributed by atoms with Gasteiger partial charge in [0.05, 0.1) is 18.1 Å². The van der Waals surface area contributed by atoms with Gasteiger partial charge in [0.1, 0.15) is 0 Å². The van der Waals surface area contributed by atoms with Crippen LogP contribution in [-0.2, 0) is 21.4 Å². The van der Waals surface area contributed by atoms with E-state index in [0.29, 0.717) is 25.3 Å². The third-order valence-electron chi connectivity index (χ3n) is 3.74. The van der Waals surface area contributed by atoms with Gasteiger partial charge >= 0.3 is 0 Å². The smallest absolute Gasteiger partial charge is 0.240 e. The fourth-order valence-electron chi connectivity index (χ4n) is 2.32. The van der Waals surface area contributed by atoms with Crippen LogP contribution < -0.4 is 4.72 Å². The summed E-state index contributed by atoms with van der Waals surface area (Å²) in [4.78, 5) is 0.250. The lowest BCUT2D eigenvalue weighted by molar-refractivity contribution is 0.186. The highest BCUT2D eigenvalue weighted by Gasteiger charge is 2.22. The van der Waals surface area contributed by atoms with Crippen LogP contribution in [0.1, 0.15) is 23.1 Å². The number of sulfonamides is 1. The van der Waals surface area contributed by atoms with Gasteiger partial charge in [-0.15, -0.1) is 0 Å². The second kappa shape index (κ2) is 6.22. The Morgan fingerprint density at radius 3 is 2.75 bits per heavy atom. The Morgan fingerprint density at radius 2 is 2.15 bits per heavy atom. The van der Waals surface area contributed by atoms with E-state index in [1.807, 2.05) is 6.92 Å². The first-order valence-electron chi connectivity index (χ1n) is 6.72. The SMILES string of the molecule is Cc1cc(CO)cc(S(=O)(=O)NCC2CCOC2)c1C. The van der Waals surface area contributed by atoms with Crippen molar-refractivity contribution in [2.45, 2.75) is 31.8 Å². The molecule has 1 aromatic carbocycles. The van der Waals surface area contributed by atoms with Crippen LogP contribution in [0.5, 0.6) is 0 Å². The summed E-state index contributed by atoms with van der Waals surface area (Å²) in [6.07, 6.45) is 0.886. The van der Waals surface area contributed by atoms with Gasteiger partial charge in [0, 0.05) is 13.2 Å². The maximum absolute atomic E-state index is 12.4. The highest BCUT2D eigenvalue weighted by Crippen LogP contribution is 2.21. The number of aryl methyl sites for hydroxylation is 1. The Bertz CT molecular complexity index is 577. The first kappa shape index (κ1) is 15.4. The Labute approximate surface area is 120 Å². The molecule has 5 nitrogen and oxygen atoms in total. The molecule has 1 aliphatic rings. The van der Waals surface area contributed by atoms with Crippen LogP contribution in [0.2, 0.25) is 0 Å². The minimum atomic E-state index is -3.55. The van der Waals surface area contributed by atoms with E-state index in [1.165, 1.54) is 6.07 Å². The number of aliphatic hydroxyl groups is 1. The number of rotatable bonds is 5. The summed E-state index contributed by atoms with van der Waals surface area (Å²) in [5.41, 5.74) is 2.19. The standard InChI is InChI=1S/C14H21NO4S/c1-10-5-13(8-16)6-14(11(10)2)20(17,18)15-7-12-3-4-19-9-12/h5-6,12,15-16H,3-4,7-9H2,1-2H3. The van der Waals surface area contributed by atoms with Gasteiger partial charge in [0.2, 0.25) is 10.0 Å². The van der Waals surface area contributed by atoms with Gasteiger partial charge < -0.3 is 9.84 Å². The van der Waals surface area contributed by atoms with E-state index < -0.39 is 10.0 Å². The summed E-state index contributed by atoms with van der Waals surface area (Å²) < 4.78 is 32.7. The third-order valence-corrected chi connectivity index (χ3v) is 5.29. The van der Waals surface area contributed by atoms with Crippen LogP contribution in [-0.4, -0.2) is 33.3 Å². The number of benzene rings is 1. The van der Waals surface area contributed by atoms with Crippen molar-refractivity contribution in [2.75, 3.05) is 19.8 Å². The van der Waals surface area contributed by atoms with Crippen LogP contribution in [0.3, 0.4) is 0 Å². The van der Waals surface area contributed by atoms with Crippen LogP contribution in [0.15, 0.2) is 17.0 Å². The summed E-state index contributed by atoms with van der Waals surface area (Å²) in [6.45, 7) is 5.16. The van der Waals surface area contributed by atoms with Crippen molar-refractivity contribution in [1.82, 2.24) is 4.72 Å². The molecule has 2 N–H and O–H groups in total. The zero-order valence-electron chi connectivity index (χ0n) is 11.8. The first-order chi connectivity index (χ1) is 9.44. The average molecular weight is 299 g/mol. The van der Waals surface area contributed by atoms with Crippen molar-refractivity contribution >= 4 is 10.0 Å². The van der Waals surface area contributed by atoms with E-state index in [2.05, 4.69) is 4.72 Å². The lowest BCUT2D eigenvalue weighted by Crippen LogP contribution is -2.30. The predicted molar refractivity (Wildman–Crippen MR) is 76.0 cm³/mol. The molecule has 0 saturated carbocycles. The van der Waals surface area contributed by atoms with Crippen molar-refractivity contribution in [3.63, 3.8) is 0 Å². The number of ether oxygens (including phenoxy) is 1. The minimum absolute atomic E-state index is 0.167. The lowest BCUT2D eigenvalue weighted by atomic mass is 10.1. The number of aliphatic hydroxyl groups excluding tert-OH is 1. The lowest BCUT2D eigenvalue weighted by Gasteiger charge is -2.14. The topological polar surface area (TPSA) is 75.6 Å². The van der Waals surface area contributed by atoms with Crippen LogP contribution >= 0.6 is 0 Å². The zero-order chi connectivity index (χ0) is 14.8. The number of hydrogen-bond acceptors (Lipinski definition) is 4. The molecule has 1 fully saturated rings. The van der Waals surface area contributed by atoms with Gasteiger partial charge in [-0.3, -0.25) is 0 Å². The van der Waals surface area contributed by atoms with E-state index in [1.54, 1.807) is 13.0 Å². The number of hydrogen-bond donors (Lipinski definition) is 2. The molecule has 6 heteroatoms. The van der Waals surface area contributed by atoms with Crippen molar-refractivity contribution in [2.24, 2.45) is 5.92 Å². The molecular formula is C14H21NO4S. The third kappa shape index (κ3) is 3.38. The highest BCUT2D eigenvalue weighted by molar-refractivity contribution is 7.89. The van der Waals surface area contributed by atoms with Crippen LogP contribution in [0.25, 0.3) is 0 Å². The molecule has 2 rings (SSSR count). The molecule has 20 heavy (non-hydrogen) atoms. The van der Waals surface area contributed by atoms with E-state index in [0.717, 1.165) is 17.5 Å². The van der Waals surface area contributed by atoms with Crippen molar-refractivity contribution in [1.29, 1.82) is 0 Å². The van der Waals surface area contributed by atoms with Crippen LogP contribution in [0.4, 0.5) is 0 Å². The molecule has 1 aromatic rings. The van der Waals surface area contributed by atoms with Gasteiger partial charge in [0.25, 0.3) is 0 Å². The van der Waals surface area contributed by atoms with Gasteiger partial charge in [-0.1, -0.05) is 6.07 Å². The molecule has 1 atom stereocenters. The predicted octanol–water partition coefficient (Wildman–Crippen LogP) is 1.11. The molecule has 1 heterocycles. The molecule has 112 valence electrons. The molecular weight excluding hydrogens is 278 g/mol. The Balaban J connectivity index is 2.21. The quantitative estimate of drug-likeness (QED) is 0.854. The summed E-state index contributed by atoms with van der Waals surface area (Å²) in [7, 11) is -3.55. The first-order valence-corrected chi connectivity index (χ1v) is 8.20.